The summed E-state index contributed by atoms with van der Waals surface area (Å²) in [5.41, 5.74) is 5.18. The molecule has 2 aliphatic heterocycles. The first kappa shape index (κ1) is 20.8. The Morgan fingerprint density at radius 1 is 1.06 bits per heavy atom. The summed E-state index contributed by atoms with van der Waals surface area (Å²) in [5.74, 6) is 0.368. The van der Waals surface area contributed by atoms with Gasteiger partial charge in [-0.1, -0.05) is 12.1 Å². The van der Waals surface area contributed by atoms with Gasteiger partial charge >= 0.3 is 6.09 Å². The minimum absolute atomic E-state index is 0.263. The molecule has 0 atom stereocenters. The summed E-state index contributed by atoms with van der Waals surface area (Å²) in [6.45, 7) is 8.34. The van der Waals surface area contributed by atoms with Crippen LogP contribution in [0.25, 0.3) is 0 Å². The Morgan fingerprint density at radius 3 is 2.42 bits per heavy atom. The maximum absolute atomic E-state index is 12.2. The van der Waals surface area contributed by atoms with E-state index in [0.29, 0.717) is 35.6 Å². The van der Waals surface area contributed by atoms with Crippen molar-refractivity contribution in [3.05, 3.63) is 53.7 Å². The molecule has 31 heavy (non-hydrogen) atoms. The van der Waals surface area contributed by atoms with E-state index in [2.05, 4.69) is 20.6 Å². The molecule has 2 aromatic rings. The van der Waals surface area contributed by atoms with Crippen LogP contribution >= 0.6 is 0 Å². The molecule has 2 aromatic carbocycles. The van der Waals surface area contributed by atoms with Gasteiger partial charge in [0.25, 0.3) is 0 Å². The zero-order chi connectivity index (χ0) is 22.0. The summed E-state index contributed by atoms with van der Waals surface area (Å²) in [7, 11) is 0. The van der Waals surface area contributed by atoms with Crippen molar-refractivity contribution in [1.82, 2.24) is 10.3 Å². The van der Waals surface area contributed by atoms with Crippen LogP contribution in [0.2, 0.25) is 0 Å². The molecule has 0 bridgehead atoms. The third kappa shape index (κ3) is 5.00. The number of amides is 1. The van der Waals surface area contributed by atoms with Crippen molar-refractivity contribution in [3.8, 4) is 0 Å². The molecule has 2 aliphatic rings. The number of ether oxygens (including phenoxy) is 1. The van der Waals surface area contributed by atoms with Crippen molar-refractivity contribution in [2.75, 3.05) is 41.6 Å². The van der Waals surface area contributed by atoms with Crippen LogP contribution in [0.1, 0.15) is 20.8 Å². The first-order valence-electron chi connectivity index (χ1n) is 10.3. The number of nitrogens with zero attached hydrogens (tertiary/aromatic N) is 4. The molecule has 1 saturated heterocycles. The number of carbonyl (C=O) groups excluding carboxylic acids is 1. The molecule has 0 spiro atoms. The number of carbonyl (C=O) groups is 1. The van der Waals surface area contributed by atoms with Gasteiger partial charge in [0.2, 0.25) is 5.96 Å². The molecule has 2 N–H and O–H groups in total. The van der Waals surface area contributed by atoms with Gasteiger partial charge in [-0.25, -0.2) is 9.79 Å². The first-order chi connectivity index (χ1) is 14.8. The van der Waals surface area contributed by atoms with Crippen LogP contribution in [0.4, 0.5) is 27.5 Å². The summed E-state index contributed by atoms with van der Waals surface area (Å²) in [6.07, 6.45) is -0.263. The monoisotopic (exact) mass is 423 g/mol. The van der Waals surface area contributed by atoms with Gasteiger partial charge in [0, 0.05) is 37.6 Å². The Balaban J connectivity index is 1.34. The Morgan fingerprint density at radius 2 is 1.74 bits per heavy atom. The highest BCUT2D eigenvalue weighted by molar-refractivity contribution is 5.99. The second kappa shape index (κ2) is 8.35. The van der Waals surface area contributed by atoms with Crippen LogP contribution in [0, 0.1) is 5.21 Å². The molecule has 1 fully saturated rings. The molecular weight excluding hydrogens is 396 g/mol. The zero-order valence-corrected chi connectivity index (χ0v) is 18.0. The van der Waals surface area contributed by atoms with Crippen LogP contribution in [0.5, 0.6) is 0 Å². The smallest absolute Gasteiger partial charge is 0.410 e. The number of benzene rings is 2. The summed E-state index contributed by atoms with van der Waals surface area (Å²) in [6, 6.07) is 15.1. The molecule has 0 aromatic heterocycles. The fourth-order valence-electron chi connectivity index (χ4n) is 3.45. The summed E-state index contributed by atoms with van der Waals surface area (Å²) in [4.78, 5) is 20.7. The van der Waals surface area contributed by atoms with Gasteiger partial charge in [0.15, 0.2) is 0 Å². The summed E-state index contributed by atoms with van der Waals surface area (Å²) in [5, 5.41) is 16.0. The van der Waals surface area contributed by atoms with Gasteiger partial charge in [-0.3, -0.25) is 5.43 Å². The van der Waals surface area contributed by atoms with Crippen molar-refractivity contribution in [2.24, 2.45) is 4.99 Å². The second-order valence-corrected chi connectivity index (χ2v) is 8.48. The number of rotatable bonds is 2. The summed E-state index contributed by atoms with van der Waals surface area (Å²) >= 11 is 0. The van der Waals surface area contributed by atoms with E-state index in [9.17, 15) is 10.0 Å². The highest BCUT2D eigenvalue weighted by atomic mass is 16.6. The number of aliphatic imine (C=N–C) groups is 1. The third-order valence-corrected chi connectivity index (χ3v) is 4.97. The fourth-order valence-corrected chi connectivity index (χ4v) is 3.45. The van der Waals surface area contributed by atoms with Crippen LogP contribution in [0.15, 0.2) is 53.5 Å². The first-order valence-corrected chi connectivity index (χ1v) is 10.3. The highest BCUT2D eigenvalue weighted by Crippen LogP contribution is 2.29. The molecule has 164 valence electrons. The van der Waals surface area contributed by atoms with Crippen molar-refractivity contribution in [1.29, 1.82) is 0 Å². The lowest BCUT2D eigenvalue weighted by atomic mass is 10.2. The number of nitrogens with one attached hydrogen (secondary N) is 2. The van der Waals surface area contributed by atoms with E-state index in [0.717, 1.165) is 24.5 Å². The van der Waals surface area contributed by atoms with Crippen molar-refractivity contribution < 1.29 is 9.53 Å². The number of guanidine groups is 1. The number of para-hydroxylation sites is 2. The Labute approximate surface area is 181 Å². The predicted molar refractivity (Wildman–Crippen MR) is 123 cm³/mol. The third-order valence-electron chi connectivity index (χ3n) is 4.97. The van der Waals surface area contributed by atoms with Crippen molar-refractivity contribution >= 4 is 34.8 Å². The van der Waals surface area contributed by atoms with Crippen LogP contribution in [-0.2, 0) is 4.74 Å². The molecule has 0 unspecified atom stereocenters. The van der Waals surface area contributed by atoms with E-state index >= 15 is 0 Å². The number of hydrazine groups is 1. The van der Waals surface area contributed by atoms with E-state index < -0.39 is 5.60 Å². The molecule has 0 aliphatic carbocycles. The normalized spacial score (nSPS) is 16.3. The molecule has 9 heteroatoms. The van der Waals surface area contributed by atoms with Gasteiger partial charge in [0.1, 0.15) is 5.60 Å². The Kier molecular flexibility index (Phi) is 5.60. The second-order valence-electron chi connectivity index (χ2n) is 8.48. The lowest BCUT2D eigenvalue weighted by molar-refractivity contribution is 0.0240. The maximum atomic E-state index is 12.2. The number of fused-ring (bicyclic) bond motifs is 1. The standard InChI is InChI=1S/C22H27N6O3/c1-22(2,3)31-21(29)27-14-12-26(13-15-27)17-10-8-16(9-11-17)23-20-24-18-6-4-5-7-19(18)28(30)25-20/h4-11H,12-15H2,1-3H3,(H2,23,24,25)/q-1. The number of piperazine rings is 1. The summed E-state index contributed by atoms with van der Waals surface area (Å²) < 4.78 is 5.45. The van der Waals surface area contributed by atoms with E-state index in [4.69, 9.17) is 4.74 Å². The molecule has 2 heterocycles. The predicted octanol–water partition coefficient (Wildman–Crippen LogP) is 3.67. The van der Waals surface area contributed by atoms with Gasteiger partial charge < -0.3 is 30.2 Å². The highest BCUT2D eigenvalue weighted by Gasteiger charge is 2.26. The molecular formula is C22H27N6O3-. The number of anilines is 3. The maximum Gasteiger partial charge on any atom is 0.410 e. The lowest BCUT2D eigenvalue weighted by Crippen LogP contribution is -2.50. The Bertz CT molecular complexity index is 962. The largest absolute Gasteiger partial charge is 0.739 e. The van der Waals surface area contributed by atoms with Crippen molar-refractivity contribution in [3.63, 3.8) is 0 Å². The van der Waals surface area contributed by atoms with Gasteiger partial charge in [-0.2, -0.15) is 0 Å². The molecule has 9 nitrogen and oxygen atoms in total. The minimum Gasteiger partial charge on any atom is -0.739 e. The average molecular weight is 423 g/mol. The van der Waals surface area contributed by atoms with Crippen LogP contribution in [-0.4, -0.2) is 48.7 Å². The molecule has 1 amide bonds. The number of hydrogen-bond acceptors (Lipinski definition) is 8. The van der Waals surface area contributed by atoms with E-state index in [1.165, 1.54) is 0 Å². The SMILES string of the molecule is CC(C)(C)OC(=O)N1CCN(c2ccc(NC3=Nc4ccccc4N([O-])N3)cc2)CC1. The van der Waals surface area contributed by atoms with Crippen molar-refractivity contribution in [2.45, 2.75) is 26.4 Å². The number of hydrogen-bond donors (Lipinski definition) is 2. The van der Waals surface area contributed by atoms with Gasteiger partial charge in [-0.05, 0) is 57.2 Å². The fraction of sp³-hybridized carbons (Fsp3) is 0.364. The van der Waals surface area contributed by atoms with E-state index in [1.54, 1.807) is 23.1 Å². The van der Waals surface area contributed by atoms with E-state index in [1.807, 2.05) is 51.1 Å². The van der Waals surface area contributed by atoms with Crippen LogP contribution < -0.4 is 20.8 Å². The topological polar surface area (TPSA) is 95.5 Å². The zero-order valence-electron chi connectivity index (χ0n) is 18.0. The minimum atomic E-state index is -0.486. The van der Waals surface area contributed by atoms with Crippen LogP contribution in [0.3, 0.4) is 0 Å². The average Bonchev–Trinajstić information content (AvgIpc) is 2.73. The van der Waals surface area contributed by atoms with Gasteiger partial charge in [-0.15, -0.1) is 0 Å². The quantitative estimate of drug-likeness (QED) is 0.761. The molecule has 0 radical (unpaired) electrons. The Hall–Kier alpha value is -3.46. The van der Waals surface area contributed by atoms with E-state index in [-0.39, 0.29) is 6.09 Å². The molecule has 0 saturated carbocycles. The van der Waals surface area contributed by atoms with Gasteiger partial charge in [0.05, 0.1) is 11.4 Å². The lowest BCUT2D eigenvalue weighted by Gasteiger charge is -2.37. The molecule has 4 rings (SSSR count).